The van der Waals surface area contributed by atoms with Gasteiger partial charge in [-0.05, 0) is 18.2 Å². The minimum atomic E-state index is -0.818. The topological polar surface area (TPSA) is 56.0 Å². The Morgan fingerprint density at radius 3 is 2.63 bits per heavy atom. The fraction of sp³-hybridized carbons (Fsp3) is 0. The minimum Gasteiger partial charge on any atom is -0.258 e. The van der Waals surface area contributed by atoms with E-state index in [1.165, 1.54) is 18.2 Å². The summed E-state index contributed by atoms with van der Waals surface area (Å²) in [6.45, 7) is 0. The molecule has 4 nitrogen and oxygen atoms in total. The molecule has 1 aromatic carbocycles. The van der Waals surface area contributed by atoms with Crippen LogP contribution in [0, 0.1) is 21.7 Å². The third kappa shape index (κ3) is 3.18. The zero-order chi connectivity index (χ0) is 14.0. The van der Waals surface area contributed by atoms with Crippen LogP contribution >= 0.6 is 23.4 Å². The molecule has 2 rings (SSSR count). The molecule has 0 aliphatic rings. The quantitative estimate of drug-likeness (QED) is 0.487. The van der Waals surface area contributed by atoms with E-state index in [1.54, 1.807) is 0 Å². The summed E-state index contributed by atoms with van der Waals surface area (Å²) in [4.78, 5) is 14.0. The van der Waals surface area contributed by atoms with Gasteiger partial charge in [0.15, 0.2) is 5.03 Å². The van der Waals surface area contributed by atoms with Crippen LogP contribution in [0.15, 0.2) is 40.3 Å². The number of nitro groups is 1. The van der Waals surface area contributed by atoms with Gasteiger partial charge in [-0.3, -0.25) is 10.1 Å². The Balaban J connectivity index is 2.42. The number of benzene rings is 1. The van der Waals surface area contributed by atoms with Gasteiger partial charge in [-0.2, -0.15) is 0 Å². The minimum absolute atomic E-state index is 0.0271. The number of rotatable bonds is 3. The van der Waals surface area contributed by atoms with Crippen LogP contribution < -0.4 is 0 Å². The Hall–Kier alpha value is -1.73. The van der Waals surface area contributed by atoms with Crippen molar-refractivity contribution in [2.24, 2.45) is 0 Å². The van der Waals surface area contributed by atoms with Crippen molar-refractivity contribution in [3.05, 3.63) is 57.2 Å². The molecular weight excluding hydrogens is 298 g/mol. The Morgan fingerprint density at radius 1 is 1.26 bits per heavy atom. The van der Waals surface area contributed by atoms with E-state index in [0.29, 0.717) is 17.8 Å². The van der Waals surface area contributed by atoms with Gasteiger partial charge < -0.3 is 0 Å². The van der Waals surface area contributed by atoms with Gasteiger partial charge in [0.05, 0.1) is 4.92 Å². The van der Waals surface area contributed by atoms with Crippen molar-refractivity contribution in [3.63, 3.8) is 0 Å². The highest BCUT2D eigenvalue weighted by Gasteiger charge is 2.18. The molecule has 8 heteroatoms. The SMILES string of the molecule is O=[N+]([O-])c1ccc(Cl)nc1Sc1ccc(F)cc1F. The van der Waals surface area contributed by atoms with Crippen molar-refractivity contribution in [2.75, 3.05) is 0 Å². The molecular formula is C11H5ClF2N2O2S. The zero-order valence-electron chi connectivity index (χ0n) is 9.14. The van der Waals surface area contributed by atoms with Gasteiger partial charge in [-0.15, -0.1) is 0 Å². The maximum absolute atomic E-state index is 13.5. The van der Waals surface area contributed by atoms with Gasteiger partial charge in [-0.1, -0.05) is 23.4 Å². The summed E-state index contributed by atoms with van der Waals surface area (Å²) in [5.74, 6) is -1.54. The number of halogens is 3. The molecule has 0 aliphatic heterocycles. The van der Waals surface area contributed by atoms with Gasteiger partial charge >= 0.3 is 5.69 Å². The maximum Gasteiger partial charge on any atom is 0.301 e. The molecule has 0 fully saturated rings. The lowest BCUT2D eigenvalue weighted by Crippen LogP contribution is -1.94. The normalized spacial score (nSPS) is 10.5. The molecule has 0 saturated carbocycles. The van der Waals surface area contributed by atoms with Gasteiger partial charge in [-0.25, -0.2) is 13.8 Å². The van der Waals surface area contributed by atoms with Crippen LogP contribution in [0.25, 0.3) is 0 Å². The van der Waals surface area contributed by atoms with Crippen molar-refractivity contribution in [2.45, 2.75) is 9.92 Å². The molecule has 0 saturated heterocycles. The molecule has 0 bridgehead atoms. The smallest absolute Gasteiger partial charge is 0.258 e. The van der Waals surface area contributed by atoms with E-state index in [9.17, 15) is 18.9 Å². The first-order valence-electron chi connectivity index (χ1n) is 4.91. The predicted octanol–water partition coefficient (Wildman–Crippen LogP) is 4.07. The molecule has 0 amide bonds. The average Bonchev–Trinajstić information content (AvgIpc) is 2.32. The molecule has 0 N–H and O–H groups in total. The van der Waals surface area contributed by atoms with E-state index in [4.69, 9.17) is 11.6 Å². The molecule has 0 unspecified atom stereocenters. The van der Waals surface area contributed by atoms with Crippen LogP contribution in [0.3, 0.4) is 0 Å². The van der Waals surface area contributed by atoms with Crippen molar-refractivity contribution >= 4 is 29.1 Å². The number of aromatic nitrogens is 1. The number of hydrogen-bond acceptors (Lipinski definition) is 4. The van der Waals surface area contributed by atoms with Crippen molar-refractivity contribution < 1.29 is 13.7 Å². The largest absolute Gasteiger partial charge is 0.301 e. The summed E-state index contributed by atoms with van der Waals surface area (Å²) in [6, 6.07) is 5.38. The zero-order valence-corrected chi connectivity index (χ0v) is 10.7. The van der Waals surface area contributed by atoms with E-state index in [2.05, 4.69) is 4.98 Å². The highest BCUT2D eigenvalue weighted by Crippen LogP contribution is 2.35. The number of nitrogens with zero attached hydrogens (tertiary/aromatic N) is 2. The molecule has 19 heavy (non-hydrogen) atoms. The van der Waals surface area contributed by atoms with Gasteiger partial charge in [0.1, 0.15) is 16.8 Å². The molecule has 1 heterocycles. The van der Waals surface area contributed by atoms with Gasteiger partial charge in [0, 0.05) is 17.0 Å². The summed E-state index contributed by atoms with van der Waals surface area (Å²) in [5, 5.41) is 10.8. The maximum atomic E-state index is 13.5. The Morgan fingerprint density at radius 2 is 2.00 bits per heavy atom. The average molecular weight is 303 g/mol. The number of pyridine rings is 1. The third-order valence-corrected chi connectivity index (χ3v) is 3.36. The van der Waals surface area contributed by atoms with Crippen LogP contribution in [0.1, 0.15) is 0 Å². The highest BCUT2D eigenvalue weighted by molar-refractivity contribution is 7.99. The first-order chi connectivity index (χ1) is 8.97. The predicted molar refractivity (Wildman–Crippen MR) is 66.4 cm³/mol. The van der Waals surface area contributed by atoms with Crippen LogP contribution in [-0.2, 0) is 0 Å². The third-order valence-electron chi connectivity index (χ3n) is 2.10. The van der Waals surface area contributed by atoms with E-state index in [1.807, 2.05) is 0 Å². The van der Waals surface area contributed by atoms with Crippen molar-refractivity contribution in [1.82, 2.24) is 4.98 Å². The standard InChI is InChI=1S/C11H5ClF2N2O2S/c12-10-4-2-8(16(17)18)11(15-10)19-9-3-1-6(13)5-7(9)14/h1-5H. The summed E-state index contributed by atoms with van der Waals surface area (Å²) >= 11 is 6.37. The van der Waals surface area contributed by atoms with E-state index in [0.717, 1.165) is 6.07 Å². The fourth-order valence-electron chi connectivity index (χ4n) is 1.29. The molecule has 98 valence electrons. The van der Waals surface area contributed by atoms with Gasteiger partial charge in [0.25, 0.3) is 0 Å². The molecule has 0 aliphatic carbocycles. The molecule has 0 atom stereocenters. The lowest BCUT2D eigenvalue weighted by Gasteiger charge is -2.04. The number of hydrogen-bond donors (Lipinski definition) is 0. The molecule has 1 aromatic heterocycles. The second-order valence-electron chi connectivity index (χ2n) is 3.39. The summed E-state index contributed by atoms with van der Waals surface area (Å²) in [6.07, 6.45) is 0. The van der Waals surface area contributed by atoms with E-state index >= 15 is 0 Å². The van der Waals surface area contributed by atoms with E-state index in [-0.39, 0.29) is 20.8 Å². The summed E-state index contributed by atoms with van der Waals surface area (Å²) in [5.41, 5.74) is -0.293. The first-order valence-corrected chi connectivity index (χ1v) is 6.10. The van der Waals surface area contributed by atoms with Crippen molar-refractivity contribution in [3.8, 4) is 0 Å². The fourth-order valence-corrected chi connectivity index (χ4v) is 2.38. The summed E-state index contributed by atoms with van der Waals surface area (Å²) < 4.78 is 26.2. The van der Waals surface area contributed by atoms with Crippen molar-refractivity contribution in [1.29, 1.82) is 0 Å². The monoisotopic (exact) mass is 302 g/mol. The highest BCUT2D eigenvalue weighted by atomic mass is 35.5. The summed E-state index contributed by atoms with van der Waals surface area (Å²) in [7, 11) is 0. The van der Waals surface area contributed by atoms with Crippen LogP contribution in [0.2, 0.25) is 5.15 Å². The Labute approximate surface area is 115 Å². The van der Waals surface area contributed by atoms with Crippen LogP contribution in [0.4, 0.5) is 14.5 Å². The first kappa shape index (κ1) is 13.7. The molecule has 2 aromatic rings. The Kier molecular flexibility index (Phi) is 3.96. The molecule has 0 spiro atoms. The lowest BCUT2D eigenvalue weighted by molar-refractivity contribution is -0.388. The Bertz CT molecular complexity index is 655. The second kappa shape index (κ2) is 5.50. The molecule has 0 radical (unpaired) electrons. The van der Waals surface area contributed by atoms with E-state index < -0.39 is 16.6 Å². The van der Waals surface area contributed by atoms with Crippen LogP contribution in [0.5, 0.6) is 0 Å². The van der Waals surface area contributed by atoms with Crippen LogP contribution in [-0.4, -0.2) is 9.91 Å². The van der Waals surface area contributed by atoms with Gasteiger partial charge in [0.2, 0.25) is 0 Å². The lowest BCUT2D eigenvalue weighted by atomic mass is 10.3. The second-order valence-corrected chi connectivity index (χ2v) is 4.81.